The highest BCUT2D eigenvalue weighted by molar-refractivity contribution is 9.10. The minimum Gasteiger partial charge on any atom is -0.494 e. The summed E-state index contributed by atoms with van der Waals surface area (Å²) >= 11 is 9.74. The van der Waals surface area contributed by atoms with Crippen molar-refractivity contribution in [2.45, 2.75) is 45.6 Å². The molecule has 0 unspecified atom stereocenters. The number of carbonyl (C=O) groups excluding carboxylic acids is 1. The number of halogens is 4. The molecule has 43 heavy (non-hydrogen) atoms. The second-order valence-electron chi connectivity index (χ2n) is 10.5. The quantitative estimate of drug-likeness (QED) is 0.172. The Balaban J connectivity index is 1.54. The molecule has 226 valence electrons. The monoisotopic (exact) mass is 673 g/mol. The predicted octanol–water partition coefficient (Wildman–Crippen LogP) is 7.30. The molecule has 1 atom stereocenters. The van der Waals surface area contributed by atoms with Crippen LogP contribution in [0.3, 0.4) is 0 Å². The zero-order valence-electron chi connectivity index (χ0n) is 24.2. The number of hydrogen-bond acceptors (Lipinski definition) is 6. The van der Waals surface area contributed by atoms with Crippen LogP contribution in [-0.4, -0.2) is 41.2 Å². The number of aryl methyl sites for hydroxylation is 2. The van der Waals surface area contributed by atoms with E-state index >= 15 is 0 Å². The van der Waals surface area contributed by atoms with Gasteiger partial charge in [-0.05, 0) is 96.9 Å². The first-order chi connectivity index (χ1) is 20.5. The van der Waals surface area contributed by atoms with E-state index in [1.54, 1.807) is 25.1 Å². The smallest absolute Gasteiger partial charge is 0.251 e. The molecule has 0 spiro atoms. The van der Waals surface area contributed by atoms with Gasteiger partial charge in [-0.25, -0.2) is 18.7 Å². The number of nitrogens with zero attached hydrogens (tertiary/aromatic N) is 2. The van der Waals surface area contributed by atoms with Crippen molar-refractivity contribution < 1.29 is 28.2 Å². The summed E-state index contributed by atoms with van der Waals surface area (Å²) in [6.07, 6.45) is 1.96. The maximum Gasteiger partial charge on any atom is 0.251 e. The summed E-state index contributed by atoms with van der Waals surface area (Å²) in [5.74, 6) is -2.04. The lowest BCUT2D eigenvalue weighted by atomic mass is 9.90. The molecule has 2 heterocycles. The number of rotatable bonds is 10. The van der Waals surface area contributed by atoms with Crippen LogP contribution in [0.5, 0.6) is 11.5 Å². The Bertz CT molecular complexity index is 1730. The summed E-state index contributed by atoms with van der Waals surface area (Å²) < 4.78 is 40.7. The molecule has 1 saturated carbocycles. The van der Waals surface area contributed by atoms with Crippen LogP contribution in [0.2, 0.25) is 5.02 Å². The standard InChI is InChI=1S/C32H31BrClF2N3O4/c1-5-17-14-25(39-29(30(17)43-6-2)21-9-10-23(35)27(36)26(21)34)32(41,20-7-8-20)15-37-31(40)19-11-18-12-22(33)16(3)38-28(18)24(13-19)42-4/h9-14,20,41H,5-8,15H2,1-4H3,(H,37,40)/t32-/m1/s1. The molecule has 1 amide bonds. The van der Waals surface area contributed by atoms with Crippen molar-refractivity contribution in [2.24, 2.45) is 5.92 Å². The van der Waals surface area contributed by atoms with E-state index in [0.29, 0.717) is 46.6 Å². The van der Waals surface area contributed by atoms with Crippen LogP contribution in [-0.2, 0) is 12.0 Å². The topological polar surface area (TPSA) is 93.6 Å². The van der Waals surface area contributed by atoms with E-state index in [0.717, 1.165) is 29.1 Å². The van der Waals surface area contributed by atoms with E-state index < -0.39 is 28.2 Å². The molecule has 1 aliphatic carbocycles. The fourth-order valence-electron chi connectivity index (χ4n) is 5.20. The Labute approximate surface area is 261 Å². The van der Waals surface area contributed by atoms with Gasteiger partial charge in [0, 0.05) is 21.0 Å². The molecule has 1 fully saturated rings. The van der Waals surface area contributed by atoms with Gasteiger partial charge in [0.25, 0.3) is 5.91 Å². The number of amides is 1. The molecule has 1 aliphatic rings. The van der Waals surface area contributed by atoms with Crippen LogP contribution >= 0.6 is 27.5 Å². The van der Waals surface area contributed by atoms with Crippen molar-refractivity contribution in [1.82, 2.24) is 15.3 Å². The molecule has 5 rings (SSSR count). The fraction of sp³-hybridized carbons (Fsp3) is 0.344. The molecular weight excluding hydrogens is 644 g/mol. The van der Waals surface area contributed by atoms with E-state index in [1.165, 1.54) is 13.2 Å². The van der Waals surface area contributed by atoms with Gasteiger partial charge in [-0.3, -0.25) is 4.79 Å². The molecule has 11 heteroatoms. The molecule has 0 saturated heterocycles. The highest BCUT2D eigenvalue weighted by Gasteiger charge is 2.47. The van der Waals surface area contributed by atoms with Gasteiger partial charge in [0.05, 0.1) is 36.7 Å². The summed E-state index contributed by atoms with van der Waals surface area (Å²) in [5, 5.41) is 15.3. The summed E-state index contributed by atoms with van der Waals surface area (Å²) in [5.41, 5.74) is 1.53. The summed E-state index contributed by atoms with van der Waals surface area (Å²) in [6.45, 7) is 5.75. The van der Waals surface area contributed by atoms with Crippen molar-refractivity contribution in [2.75, 3.05) is 20.3 Å². The van der Waals surface area contributed by atoms with Crippen LogP contribution in [0, 0.1) is 24.5 Å². The van der Waals surface area contributed by atoms with Crippen LogP contribution in [0.25, 0.3) is 22.2 Å². The number of methoxy groups -OCH3 is 1. The third-order valence-electron chi connectivity index (χ3n) is 7.72. The normalized spacial score (nSPS) is 14.4. The van der Waals surface area contributed by atoms with Crippen molar-refractivity contribution in [3.63, 3.8) is 0 Å². The third-order valence-corrected chi connectivity index (χ3v) is 8.89. The van der Waals surface area contributed by atoms with Crippen molar-refractivity contribution >= 4 is 44.3 Å². The molecule has 7 nitrogen and oxygen atoms in total. The van der Waals surface area contributed by atoms with Gasteiger partial charge in [0.1, 0.15) is 28.3 Å². The number of ether oxygens (including phenoxy) is 2. The number of hydrogen-bond donors (Lipinski definition) is 2. The molecule has 0 radical (unpaired) electrons. The van der Waals surface area contributed by atoms with Gasteiger partial charge in [-0.2, -0.15) is 0 Å². The maximum absolute atomic E-state index is 14.5. The van der Waals surface area contributed by atoms with E-state index in [4.69, 9.17) is 26.1 Å². The highest BCUT2D eigenvalue weighted by atomic mass is 79.9. The molecule has 0 aliphatic heterocycles. The van der Waals surface area contributed by atoms with E-state index in [-0.39, 0.29) is 29.4 Å². The first-order valence-corrected chi connectivity index (χ1v) is 15.2. The lowest BCUT2D eigenvalue weighted by Gasteiger charge is -2.30. The molecule has 2 aromatic carbocycles. The number of carbonyl (C=O) groups is 1. The van der Waals surface area contributed by atoms with Gasteiger partial charge in [-0.15, -0.1) is 0 Å². The fourth-order valence-corrected chi connectivity index (χ4v) is 5.78. The van der Waals surface area contributed by atoms with Gasteiger partial charge in [-0.1, -0.05) is 18.5 Å². The Morgan fingerprint density at radius 1 is 1.19 bits per heavy atom. The number of benzene rings is 2. The number of aliphatic hydroxyl groups is 1. The number of aromatic nitrogens is 2. The third kappa shape index (κ3) is 5.92. The average molecular weight is 675 g/mol. The largest absolute Gasteiger partial charge is 0.494 e. The maximum atomic E-state index is 14.5. The number of fused-ring (bicyclic) bond motifs is 1. The van der Waals surface area contributed by atoms with Crippen molar-refractivity contribution in [3.05, 3.63) is 80.0 Å². The van der Waals surface area contributed by atoms with Gasteiger partial charge in [0.2, 0.25) is 0 Å². The summed E-state index contributed by atoms with van der Waals surface area (Å²) in [7, 11) is 1.51. The Hall–Kier alpha value is -3.34. The molecular formula is C32H31BrClF2N3O4. The van der Waals surface area contributed by atoms with Crippen LogP contribution in [0.1, 0.15) is 54.0 Å². The Morgan fingerprint density at radius 3 is 2.58 bits per heavy atom. The summed E-state index contributed by atoms with van der Waals surface area (Å²) in [6, 6.07) is 9.27. The van der Waals surface area contributed by atoms with E-state index in [9.17, 15) is 18.7 Å². The first-order valence-electron chi connectivity index (χ1n) is 14.0. The summed E-state index contributed by atoms with van der Waals surface area (Å²) in [4.78, 5) is 22.8. The van der Waals surface area contributed by atoms with Crippen molar-refractivity contribution in [1.29, 1.82) is 0 Å². The SMILES string of the molecule is CCOc1c(CC)cc([C@@](O)(CNC(=O)c2cc(OC)c3nc(C)c(Br)cc3c2)C2CC2)nc1-c1ccc(F)c(F)c1Cl. The number of nitrogens with one attached hydrogen (secondary N) is 1. The lowest BCUT2D eigenvalue weighted by molar-refractivity contribution is 0.00944. The second kappa shape index (κ2) is 12.3. The Morgan fingerprint density at radius 2 is 1.93 bits per heavy atom. The zero-order valence-corrected chi connectivity index (χ0v) is 26.5. The van der Waals surface area contributed by atoms with Crippen LogP contribution < -0.4 is 14.8 Å². The minimum atomic E-state index is -1.55. The van der Waals surface area contributed by atoms with Gasteiger partial charge >= 0.3 is 0 Å². The zero-order chi connectivity index (χ0) is 31.1. The average Bonchev–Trinajstić information content (AvgIpc) is 3.85. The number of pyridine rings is 2. The van der Waals surface area contributed by atoms with E-state index in [2.05, 4.69) is 26.2 Å². The van der Waals surface area contributed by atoms with Crippen LogP contribution in [0.4, 0.5) is 8.78 Å². The molecule has 4 aromatic rings. The molecule has 2 N–H and O–H groups in total. The lowest BCUT2D eigenvalue weighted by Crippen LogP contribution is -2.43. The molecule has 2 aromatic heterocycles. The first kappa shape index (κ1) is 31.1. The highest BCUT2D eigenvalue weighted by Crippen LogP contribution is 2.47. The van der Waals surface area contributed by atoms with Crippen molar-refractivity contribution in [3.8, 4) is 22.8 Å². The van der Waals surface area contributed by atoms with E-state index in [1.807, 2.05) is 19.9 Å². The van der Waals surface area contributed by atoms with Gasteiger partial charge < -0.3 is 19.9 Å². The molecule has 0 bridgehead atoms. The predicted molar refractivity (Wildman–Crippen MR) is 165 cm³/mol. The minimum absolute atomic E-state index is 0.137. The Kier molecular flexibility index (Phi) is 8.92. The van der Waals surface area contributed by atoms with Gasteiger partial charge in [0.15, 0.2) is 11.6 Å². The van der Waals surface area contributed by atoms with Crippen LogP contribution in [0.15, 0.2) is 40.9 Å². The second-order valence-corrected chi connectivity index (χ2v) is 11.8.